The van der Waals surface area contributed by atoms with Crippen molar-refractivity contribution in [2.75, 3.05) is 6.61 Å². The molecule has 5 nitrogen and oxygen atoms in total. The summed E-state index contributed by atoms with van der Waals surface area (Å²) in [6.07, 6.45) is 5.35. The Kier molecular flexibility index (Phi) is 5.27. The minimum absolute atomic E-state index is 0.120. The van der Waals surface area contributed by atoms with Gasteiger partial charge in [0.05, 0.1) is 18.3 Å². The van der Waals surface area contributed by atoms with E-state index in [0.29, 0.717) is 23.8 Å². The molecule has 0 bridgehead atoms. The van der Waals surface area contributed by atoms with Gasteiger partial charge in [-0.05, 0) is 50.0 Å². The van der Waals surface area contributed by atoms with E-state index in [9.17, 15) is 9.59 Å². The van der Waals surface area contributed by atoms with Crippen molar-refractivity contribution in [3.8, 4) is 0 Å². The van der Waals surface area contributed by atoms with Crippen LogP contribution in [0.4, 0.5) is 0 Å². The SMILES string of the molecule is CC(C)CCOC(=O)[C@H](C)n1cnc2sc3c(c2c1=O)CC[C@@H](C)C3. The maximum Gasteiger partial charge on any atom is 0.328 e. The molecule has 3 rings (SSSR count). The fourth-order valence-electron chi connectivity index (χ4n) is 3.25. The molecule has 0 spiro atoms. The molecule has 2 aromatic rings. The molecule has 0 saturated carbocycles. The van der Waals surface area contributed by atoms with Gasteiger partial charge in [0.1, 0.15) is 10.9 Å². The van der Waals surface area contributed by atoms with E-state index < -0.39 is 6.04 Å². The van der Waals surface area contributed by atoms with Crippen LogP contribution in [-0.2, 0) is 22.4 Å². The summed E-state index contributed by atoms with van der Waals surface area (Å²) in [6.45, 7) is 8.50. The standard InChI is InChI=1S/C19H26N2O3S/c1-11(2)7-8-24-19(23)13(4)21-10-20-17-16(18(21)22)14-6-5-12(3)9-15(14)25-17/h10-13H,5-9H2,1-4H3/t12-,13+/m1/s1. The van der Waals surface area contributed by atoms with E-state index in [4.69, 9.17) is 4.74 Å². The fourth-order valence-corrected chi connectivity index (χ4v) is 4.59. The summed E-state index contributed by atoms with van der Waals surface area (Å²) in [6, 6.07) is -0.658. The first kappa shape index (κ1) is 18.1. The largest absolute Gasteiger partial charge is 0.464 e. The van der Waals surface area contributed by atoms with Gasteiger partial charge in [-0.1, -0.05) is 20.8 Å². The summed E-state index contributed by atoms with van der Waals surface area (Å²) >= 11 is 1.62. The number of aryl methyl sites for hydroxylation is 1. The minimum atomic E-state index is -0.658. The van der Waals surface area contributed by atoms with Crippen molar-refractivity contribution in [1.29, 1.82) is 0 Å². The van der Waals surface area contributed by atoms with Gasteiger partial charge < -0.3 is 4.74 Å². The zero-order chi connectivity index (χ0) is 18.1. The van der Waals surface area contributed by atoms with Crippen LogP contribution in [0.25, 0.3) is 10.2 Å². The number of fused-ring (bicyclic) bond motifs is 3. The molecule has 2 heterocycles. The summed E-state index contributed by atoms with van der Waals surface area (Å²) in [5, 5.41) is 0.705. The molecule has 0 saturated heterocycles. The van der Waals surface area contributed by atoms with Gasteiger partial charge in [-0.15, -0.1) is 11.3 Å². The van der Waals surface area contributed by atoms with E-state index in [-0.39, 0.29) is 11.5 Å². The minimum Gasteiger partial charge on any atom is -0.464 e. The molecule has 0 fully saturated rings. The lowest BCUT2D eigenvalue weighted by atomic mass is 9.89. The molecule has 0 unspecified atom stereocenters. The lowest BCUT2D eigenvalue weighted by molar-refractivity contribution is -0.147. The van der Waals surface area contributed by atoms with E-state index in [1.54, 1.807) is 18.3 Å². The molecule has 1 aliphatic carbocycles. The van der Waals surface area contributed by atoms with Crippen LogP contribution in [0.2, 0.25) is 0 Å². The number of hydrogen-bond donors (Lipinski definition) is 0. The average molecular weight is 362 g/mol. The molecular formula is C19H26N2O3S. The number of nitrogens with zero attached hydrogens (tertiary/aromatic N) is 2. The van der Waals surface area contributed by atoms with E-state index >= 15 is 0 Å². The Bertz CT molecular complexity index is 837. The van der Waals surface area contributed by atoms with E-state index in [2.05, 4.69) is 25.8 Å². The Morgan fingerprint density at radius 3 is 2.92 bits per heavy atom. The second-order valence-electron chi connectivity index (χ2n) is 7.51. The summed E-state index contributed by atoms with van der Waals surface area (Å²) in [5.74, 6) is 0.753. The zero-order valence-electron chi connectivity index (χ0n) is 15.4. The van der Waals surface area contributed by atoms with Crippen LogP contribution >= 0.6 is 11.3 Å². The molecular weight excluding hydrogens is 336 g/mol. The highest BCUT2D eigenvalue weighted by Gasteiger charge is 2.25. The molecule has 2 atom stereocenters. The lowest BCUT2D eigenvalue weighted by Crippen LogP contribution is -2.30. The van der Waals surface area contributed by atoms with Crippen molar-refractivity contribution in [3.63, 3.8) is 0 Å². The van der Waals surface area contributed by atoms with E-state index in [0.717, 1.165) is 36.1 Å². The Morgan fingerprint density at radius 1 is 1.44 bits per heavy atom. The zero-order valence-corrected chi connectivity index (χ0v) is 16.2. The van der Waals surface area contributed by atoms with Crippen molar-refractivity contribution in [2.45, 2.75) is 59.4 Å². The first-order valence-corrected chi connectivity index (χ1v) is 9.88. The van der Waals surface area contributed by atoms with Crippen LogP contribution in [0.5, 0.6) is 0 Å². The van der Waals surface area contributed by atoms with Crippen molar-refractivity contribution in [2.24, 2.45) is 11.8 Å². The molecule has 6 heteroatoms. The first-order valence-electron chi connectivity index (χ1n) is 9.06. The first-order chi connectivity index (χ1) is 11.9. The predicted molar refractivity (Wildman–Crippen MR) is 100 cm³/mol. The van der Waals surface area contributed by atoms with Gasteiger partial charge in [0, 0.05) is 4.88 Å². The molecule has 0 radical (unpaired) electrons. The van der Waals surface area contributed by atoms with Gasteiger partial charge in [0.25, 0.3) is 5.56 Å². The van der Waals surface area contributed by atoms with Crippen LogP contribution in [0.3, 0.4) is 0 Å². The van der Waals surface area contributed by atoms with Gasteiger partial charge in [-0.25, -0.2) is 9.78 Å². The monoisotopic (exact) mass is 362 g/mol. The number of carbonyl (C=O) groups is 1. The highest BCUT2D eigenvalue weighted by molar-refractivity contribution is 7.18. The maximum atomic E-state index is 13.0. The molecule has 0 amide bonds. The number of hydrogen-bond acceptors (Lipinski definition) is 5. The quantitative estimate of drug-likeness (QED) is 0.760. The molecule has 25 heavy (non-hydrogen) atoms. The normalized spacial score (nSPS) is 18.4. The van der Waals surface area contributed by atoms with Crippen LogP contribution in [0.15, 0.2) is 11.1 Å². The van der Waals surface area contributed by atoms with Crippen LogP contribution in [0, 0.1) is 11.8 Å². The third-order valence-corrected chi connectivity index (χ3v) is 6.10. The molecule has 136 valence electrons. The van der Waals surface area contributed by atoms with Crippen molar-refractivity contribution >= 4 is 27.5 Å². The third kappa shape index (κ3) is 3.64. The summed E-state index contributed by atoms with van der Waals surface area (Å²) in [5.41, 5.74) is 1.02. The molecule has 0 aliphatic heterocycles. The van der Waals surface area contributed by atoms with E-state index in [1.165, 1.54) is 15.8 Å². The number of esters is 1. The topological polar surface area (TPSA) is 61.2 Å². The predicted octanol–water partition coefficient (Wildman–Crippen LogP) is 3.73. The summed E-state index contributed by atoms with van der Waals surface area (Å²) in [4.78, 5) is 31.8. The Morgan fingerprint density at radius 2 is 2.20 bits per heavy atom. The third-order valence-electron chi connectivity index (χ3n) is 4.94. The molecule has 2 aromatic heterocycles. The molecule has 0 aromatic carbocycles. The highest BCUT2D eigenvalue weighted by atomic mass is 32.1. The summed E-state index contributed by atoms with van der Waals surface area (Å²) < 4.78 is 6.74. The van der Waals surface area contributed by atoms with Gasteiger partial charge >= 0.3 is 5.97 Å². The average Bonchev–Trinajstić information content (AvgIpc) is 2.92. The number of thiophene rings is 1. The van der Waals surface area contributed by atoms with Gasteiger partial charge in [0.2, 0.25) is 0 Å². The van der Waals surface area contributed by atoms with Gasteiger partial charge in [0.15, 0.2) is 0 Å². The van der Waals surface area contributed by atoms with E-state index in [1.807, 2.05) is 0 Å². The molecule has 1 aliphatic rings. The number of rotatable bonds is 5. The second kappa shape index (κ2) is 7.28. The Hall–Kier alpha value is -1.69. The number of aromatic nitrogens is 2. The Balaban J connectivity index is 1.88. The smallest absolute Gasteiger partial charge is 0.328 e. The van der Waals surface area contributed by atoms with Gasteiger partial charge in [-0.3, -0.25) is 9.36 Å². The number of carbonyl (C=O) groups excluding carboxylic acids is 1. The highest BCUT2D eigenvalue weighted by Crippen LogP contribution is 2.35. The van der Waals surface area contributed by atoms with Crippen LogP contribution in [0.1, 0.15) is 57.0 Å². The number of ether oxygens (including phenoxy) is 1. The molecule has 0 N–H and O–H groups in total. The maximum absolute atomic E-state index is 13.0. The fraction of sp³-hybridized carbons (Fsp3) is 0.632. The van der Waals surface area contributed by atoms with Crippen LogP contribution in [-0.4, -0.2) is 22.1 Å². The second-order valence-corrected chi connectivity index (χ2v) is 8.60. The lowest BCUT2D eigenvalue weighted by Gasteiger charge is -2.18. The van der Waals surface area contributed by atoms with Crippen molar-refractivity contribution in [3.05, 3.63) is 27.1 Å². The Labute approximate surface area is 152 Å². The van der Waals surface area contributed by atoms with Crippen LogP contribution < -0.4 is 5.56 Å². The summed E-state index contributed by atoms with van der Waals surface area (Å²) in [7, 11) is 0. The van der Waals surface area contributed by atoms with Gasteiger partial charge in [-0.2, -0.15) is 0 Å². The van der Waals surface area contributed by atoms with Crippen molar-refractivity contribution in [1.82, 2.24) is 9.55 Å². The van der Waals surface area contributed by atoms with Crippen molar-refractivity contribution < 1.29 is 9.53 Å².